The van der Waals surface area contributed by atoms with Gasteiger partial charge in [-0.05, 0) is 28.8 Å². The van der Waals surface area contributed by atoms with Crippen LogP contribution < -0.4 is 0 Å². The molecule has 0 aliphatic heterocycles. The Kier molecular flexibility index (Phi) is 3.37. The fourth-order valence-electron chi connectivity index (χ4n) is 2.16. The van der Waals surface area contributed by atoms with Crippen molar-refractivity contribution in [3.8, 4) is 11.1 Å². The summed E-state index contributed by atoms with van der Waals surface area (Å²) in [6, 6.07) is 25.2. The molecule has 0 saturated heterocycles. The van der Waals surface area contributed by atoms with Crippen LogP contribution in [0.4, 0.5) is 0 Å². The molecule has 1 nitrogen and oxygen atoms in total. The maximum atomic E-state index is 4.35. The van der Waals surface area contributed by atoms with Crippen LogP contribution in [0, 0.1) is 0 Å². The molecule has 0 amide bonds. The average Bonchev–Trinajstić information content (AvgIpc) is 2.50. The molecule has 3 aromatic rings. The molecule has 0 bridgehead atoms. The highest BCUT2D eigenvalue weighted by molar-refractivity contribution is 5.63. The fraction of sp³-hybridized carbons (Fsp3) is 0.0556. The summed E-state index contributed by atoms with van der Waals surface area (Å²) < 4.78 is 0. The van der Waals surface area contributed by atoms with Gasteiger partial charge in [-0.15, -0.1) is 0 Å². The lowest BCUT2D eigenvalue weighted by Gasteiger charge is -2.04. The van der Waals surface area contributed by atoms with Gasteiger partial charge in [-0.25, -0.2) is 0 Å². The Morgan fingerprint density at radius 3 is 2.00 bits per heavy atom. The van der Waals surface area contributed by atoms with E-state index in [1.807, 2.05) is 24.4 Å². The third-order valence-electron chi connectivity index (χ3n) is 3.17. The number of pyridine rings is 1. The zero-order valence-electron chi connectivity index (χ0n) is 10.7. The smallest absolute Gasteiger partial charge is 0.0447 e. The topological polar surface area (TPSA) is 12.9 Å². The van der Waals surface area contributed by atoms with E-state index in [2.05, 4.69) is 59.6 Å². The predicted octanol–water partition coefficient (Wildman–Crippen LogP) is 4.34. The molecule has 1 heteroatoms. The molecule has 92 valence electrons. The molecule has 19 heavy (non-hydrogen) atoms. The molecule has 1 heterocycles. The molecule has 0 N–H and O–H groups in total. The van der Waals surface area contributed by atoms with Gasteiger partial charge in [-0.3, -0.25) is 4.98 Å². The molecule has 0 fully saturated rings. The van der Waals surface area contributed by atoms with Gasteiger partial charge >= 0.3 is 0 Å². The van der Waals surface area contributed by atoms with Gasteiger partial charge in [-0.1, -0.05) is 60.7 Å². The maximum absolute atomic E-state index is 4.35. The van der Waals surface area contributed by atoms with Gasteiger partial charge in [0.05, 0.1) is 0 Å². The third kappa shape index (κ3) is 2.89. The minimum atomic E-state index is 0.885. The van der Waals surface area contributed by atoms with Crippen LogP contribution in [0.3, 0.4) is 0 Å². The molecule has 0 spiro atoms. The quantitative estimate of drug-likeness (QED) is 0.669. The lowest BCUT2D eigenvalue weighted by molar-refractivity contribution is 1.07. The minimum absolute atomic E-state index is 0.885. The Hall–Kier alpha value is -2.41. The number of rotatable bonds is 3. The van der Waals surface area contributed by atoms with Crippen LogP contribution >= 0.6 is 0 Å². The zero-order valence-corrected chi connectivity index (χ0v) is 10.7. The number of hydrogen-bond donors (Lipinski definition) is 0. The van der Waals surface area contributed by atoms with Crippen molar-refractivity contribution >= 4 is 0 Å². The van der Waals surface area contributed by atoms with Gasteiger partial charge in [0.2, 0.25) is 0 Å². The highest BCUT2D eigenvalue weighted by Crippen LogP contribution is 2.19. The van der Waals surface area contributed by atoms with Crippen molar-refractivity contribution in [3.63, 3.8) is 0 Å². The van der Waals surface area contributed by atoms with Gasteiger partial charge in [0.25, 0.3) is 0 Å². The van der Waals surface area contributed by atoms with E-state index < -0.39 is 0 Å². The van der Waals surface area contributed by atoms with E-state index in [1.54, 1.807) is 0 Å². The molecular formula is C18H15N. The first-order valence-electron chi connectivity index (χ1n) is 6.46. The summed E-state index contributed by atoms with van der Waals surface area (Å²) in [6.45, 7) is 0. The molecule has 2 aromatic carbocycles. The lowest BCUT2D eigenvalue weighted by atomic mass is 10.0. The minimum Gasteiger partial charge on any atom is -0.261 e. The van der Waals surface area contributed by atoms with Crippen molar-refractivity contribution in [1.82, 2.24) is 4.98 Å². The van der Waals surface area contributed by atoms with Gasteiger partial charge in [0.1, 0.15) is 0 Å². The SMILES string of the molecule is c1ccc(-c2ccc(Cc3ccccn3)cc2)cc1. The first-order chi connectivity index (χ1) is 9.42. The molecule has 0 radical (unpaired) electrons. The standard InChI is InChI=1S/C18H15N/c1-2-6-16(7-3-1)17-11-9-15(10-12-17)14-18-8-4-5-13-19-18/h1-13H,14H2. The largest absolute Gasteiger partial charge is 0.261 e. The average molecular weight is 245 g/mol. The molecule has 0 aliphatic carbocycles. The van der Waals surface area contributed by atoms with Crippen LogP contribution in [-0.2, 0) is 6.42 Å². The second-order valence-electron chi connectivity index (χ2n) is 4.56. The van der Waals surface area contributed by atoms with Crippen molar-refractivity contribution in [2.75, 3.05) is 0 Å². The Balaban J connectivity index is 1.80. The zero-order chi connectivity index (χ0) is 12.9. The Morgan fingerprint density at radius 1 is 0.632 bits per heavy atom. The van der Waals surface area contributed by atoms with Gasteiger partial charge < -0.3 is 0 Å². The summed E-state index contributed by atoms with van der Waals surface area (Å²) in [6.07, 6.45) is 2.73. The lowest BCUT2D eigenvalue weighted by Crippen LogP contribution is -1.90. The molecule has 0 unspecified atom stereocenters. The number of benzene rings is 2. The van der Waals surface area contributed by atoms with E-state index in [-0.39, 0.29) is 0 Å². The Morgan fingerprint density at radius 2 is 1.32 bits per heavy atom. The fourth-order valence-corrected chi connectivity index (χ4v) is 2.16. The van der Waals surface area contributed by atoms with Crippen molar-refractivity contribution in [2.45, 2.75) is 6.42 Å². The monoisotopic (exact) mass is 245 g/mol. The van der Waals surface area contributed by atoms with Crippen molar-refractivity contribution in [1.29, 1.82) is 0 Å². The first kappa shape index (κ1) is 11.7. The number of aromatic nitrogens is 1. The van der Waals surface area contributed by atoms with Gasteiger partial charge in [-0.2, -0.15) is 0 Å². The second-order valence-corrected chi connectivity index (χ2v) is 4.56. The Labute approximate surface area is 113 Å². The van der Waals surface area contributed by atoms with E-state index >= 15 is 0 Å². The Bertz CT molecular complexity index is 628. The van der Waals surface area contributed by atoms with E-state index in [0.29, 0.717) is 0 Å². The van der Waals surface area contributed by atoms with Crippen LogP contribution in [0.5, 0.6) is 0 Å². The maximum Gasteiger partial charge on any atom is 0.0447 e. The van der Waals surface area contributed by atoms with Gasteiger partial charge in [0, 0.05) is 18.3 Å². The second kappa shape index (κ2) is 5.49. The van der Waals surface area contributed by atoms with E-state index in [0.717, 1.165) is 12.1 Å². The van der Waals surface area contributed by atoms with Crippen molar-refractivity contribution in [2.24, 2.45) is 0 Å². The van der Waals surface area contributed by atoms with E-state index in [9.17, 15) is 0 Å². The summed E-state index contributed by atoms with van der Waals surface area (Å²) in [5, 5.41) is 0. The summed E-state index contributed by atoms with van der Waals surface area (Å²) in [7, 11) is 0. The molecule has 0 saturated carbocycles. The number of nitrogens with zero attached hydrogens (tertiary/aromatic N) is 1. The molecular weight excluding hydrogens is 230 g/mol. The number of hydrogen-bond acceptors (Lipinski definition) is 1. The first-order valence-corrected chi connectivity index (χ1v) is 6.46. The summed E-state index contributed by atoms with van der Waals surface area (Å²) in [4.78, 5) is 4.35. The van der Waals surface area contributed by atoms with Crippen LogP contribution in [0.25, 0.3) is 11.1 Å². The van der Waals surface area contributed by atoms with Crippen LogP contribution in [-0.4, -0.2) is 4.98 Å². The molecule has 3 rings (SSSR count). The highest BCUT2D eigenvalue weighted by atomic mass is 14.7. The molecule has 0 atom stereocenters. The van der Waals surface area contributed by atoms with Crippen LogP contribution in [0.1, 0.15) is 11.3 Å². The predicted molar refractivity (Wildman–Crippen MR) is 78.9 cm³/mol. The summed E-state index contributed by atoms with van der Waals surface area (Å²) in [5.41, 5.74) is 4.91. The normalized spacial score (nSPS) is 10.3. The van der Waals surface area contributed by atoms with Crippen LogP contribution in [0.2, 0.25) is 0 Å². The highest BCUT2D eigenvalue weighted by Gasteiger charge is 1.99. The van der Waals surface area contributed by atoms with Crippen molar-refractivity contribution in [3.05, 3.63) is 90.3 Å². The van der Waals surface area contributed by atoms with E-state index in [1.165, 1.54) is 16.7 Å². The van der Waals surface area contributed by atoms with Crippen LogP contribution in [0.15, 0.2) is 79.0 Å². The molecule has 0 aliphatic rings. The summed E-state index contributed by atoms with van der Waals surface area (Å²) in [5.74, 6) is 0. The summed E-state index contributed by atoms with van der Waals surface area (Å²) >= 11 is 0. The third-order valence-corrected chi connectivity index (χ3v) is 3.17. The molecule has 1 aromatic heterocycles. The van der Waals surface area contributed by atoms with Crippen molar-refractivity contribution < 1.29 is 0 Å². The van der Waals surface area contributed by atoms with Gasteiger partial charge in [0.15, 0.2) is 0 Å². The van der Waals surface area contributed by atoms with E-state index in [4.69, 9.17) is 0 Å².